The molecule has 4 aromatic rings. The van der Waals surface area contributed by atoms with E-state index in [0.717, 1.165) is 16.7 Å². The van der Waals surface area contributed by atoms with E-state index in [2.05, 4.69) is 10.1 Å². The van der Waals surface area contributed by atoms with Crippen molar-refractivity contribution in [3.05, 3.63) is 95.3 Å². The molecular weight excluding hydrogens is 398 g/mol. The van der Waals surface area contributed by atoms with Crippen molar-refractivity contribution < 1.29 is 9.32 Å². The molecule has 1 heterocycles. The summed E-state index contributed by atoms with van der Waals surface area (Å²) in [5.74, 6) is 0.775. The molecule has 0 radical (unpaired) electrons. The van der Waals surface area contributed by atoms with E-state index in [4.69, 9.17) is 16.1 Å². The standard InChI is InChI=1S/C24H20ClN3O2/c1-2-28(16-22-26-23(27-30-22)19-12-14-21(25)15-13-19)24(29)20-10-8-18(9-11-20)17-6-4-3-5-7-17/h3-15H,2,16H2,1H3. The topological polar surface area (TPSA) is 59.2 Å². The zero-order chi connectivity index (χ0) is 20.9. The third kappa shape index (κ3) is 4.42. The van der Waals surface area contributed by atoms with Crippen molar-refractivity contribution in [3.63, 3.8) is 0 Å². The van der Waals surface area contributed by atoms with Crippen LogP contribution in [0.1, 0.15) is 23.2 Å². The van der Waals surface area contributed by atoms with E-state index in [1.807, 2.05) is 73.7 Å². The highest BCUT2D eigenvalue weighted by Crippen LogP contribution is 2.21. The van der Waals surface area contributed by atoms with Crippen molar-refractivity contribution in [2.24, 2.45) is 0 Å². The summed E-state index contributed by atoms with van der Waals surface area (Å²) in [7, 11) is 0. The van der Waals surface area contributed by atoms with Crippen molar-refractivity contribution in [2.75, 3.05) is 6.54 Å². The van der Waals surface area contributed by atoms with Crippen LogP contribution in [0.2, 0.25) is 5.02 Å². The fourth-order valence-electron chi connectivity index (χ4n) is 3.14. The molecule has 0 saturated carbocycles. The lowest BCUT2D eigenvalue weighted by molar-refractivity contribution is 0.0734. The second kappa shape index (κ2) is 8.93. The van der Waals surface area contributed by atoms with Crippen LogP contribution >= 0.6 is 11.6 Å². The second-order valence-electron chi connectivity index (χ2n) is 6.78. The molecule has 0 bridgehead atoms. The molecule has 150 valence electrons. The Morgan fingerprint density at radius 1 is 0.900 bits per heavy atom. The van der Waals surface area contributed by atoms with Crippen LogP contribution in [0.25, 0.3) is 22.5 Å². The van der Waals surface area contributed by atoms with Gasteiger partial charge in [0.15, 0.2) is 0 Å². The molecule has 0 aliphatic carbocycles. The average molecular weight is 418 g/mol. The number of hydrogen-bond acceptors (Lipinski definition) is 4. The summed E-state index contributed by atoms with van der Waals surface area (Å²) in [6.07, 6.45) is 0. The number of nitrogens with zero attached hydrogens (tertiary/aromatic N) is 3. The number of rotatable bonds is 6. The molecule has 0 saturated heterocycles. The van der Waals surface area contributed by atoms with Gasteiger partial charge >= 0.3 is 0 Å². The zero-order valence-electron chi connectivity index (χ0n) is 16.5. The highest BCUT2D eigenvalue weighted by atomic mass is 35.5. The van der Waals surface area contributed by atoms with Crippen LogP contribution in [0.15, 0.2) is 83.4 Å². The lowest BCUT2D eigenvalue weighted by Gasteiger charge is -2.19. The van der Waals surface area contributed by atoms with Crippen LogP contribution < -0.4 is 0 Å². The van der Waals surface area contributed by atoms with Gasteiger partial charge in [0.1, 0.15) is 6.54 Å². The molecule has 0 unspecified atom stereocenters. The van der Waals surface area contributed by atoms with Crippen molar-refractivity contribution in [3.8, 4) is 22.5 Å². The first-order valence-corrected chi connectivity index (χ1v) is 10.0. The number of hydrogen-bond donors (Lipinski definition) is 0. The van der Waals surface area contributed by atoms with Crippen molar-refractivity contribution in [2.45, 2.75) is 13.5 Å². The minimum Gasteiger partial charge on any atom is -0.337 e. The number of aromatic nitrogens is 2. The SMILES string of the molecule is CCN(Cc1nc(-c2ccc(Cl)cc2)no1)C(=O)c1ccc(-c2ccccc2)cc1. The number of carbonyl (C=O) groups is 1. The summed E-state index contributed by atoms with van der Waals surface area (Å²) in [5, 5.41) is 4.66. The highest BCUT2D eigenvalue weighted by molar-refractivity contribution is 6.30. The Kier molecular flexibility index (Phi) is 5.91. The van der Waals surface area contributed by atoms with Gasteiger partial charge in [-0.3, -0.25) is 4.79 Å². The monoisotopic (exact) mass is 417 g/mol. The fraction of sp³-hybridized carbons (Fsp3) is 0.125. The molecule has 0 aliphatic rings. The van der Waals surface area contributed by atoms with E-state index >= 15 is 0 Å². The Balaban J connectivity index is 1.47. The van der Waals surface area contributed by atoms with E-state index in [1.54, 1.807) is 17.0 Å². The summed E-state index contributed by atoms with van der Waals surface area (Å²) < 4.78 is 5.36. The second-order valence-corrected chi connectivity index (χ2v) is 7.22. The summed E-state index contributed by atoms with van der Waals surface area (Å²) in [4.78, 5) is 19.1. The maximum atomic E-state index is 13.0. The lowest BCUT2D eigenvalue weighted by atomic mass is 10.0. The van der Waals surface area contributed by atoms with Gasteiger partial charge in [0.25, 0.3) is 5.91 Å². The summed E-state index contributed by atoms with van der Waals surface area (Å²) in [6.45, 7) is 2.70. The maximum Gasteiger partial charge on any atom is 0.254 e. The molecule has 1 amide bonds. The Bertz CT molecular complexity index is 1120. The summed E-state index contributed by atoms with van der Waals surface area (Å²) >= 11 is 5.92. The van der Waals surface area contributed by atoms with Crippen LogP contribution in [-0.4, -0.2) is 27.5 Å². The van der Waals surface area contributed by atoms with Crippen molar-refractivity contribution in [1.29, 1.82) is 0 Å². The number of halogens is 1. The highest BCUT2D eigenvalue weighted by Gasteiger charge is 2.18. The quantitative estimate of drug-likeness (QED) is 0.402. The molecular formula is C24H20ClN3O2. The third-order valence-corrected chi connectivity index (χ3v) is 5.06. The van der Waals surface area contributed by atoms with Gasteiger partial charge in [-0.05, 0) is 54.4 Å². The van der Waals surface area contributed by atoms with Gasteiger partial charge in [0, 0.05) is 22.7 Å². The molecule has 0 aliphatic heterocycles. The van der Waals surface area contributed by atoms with Gasteiger partial charge < -0.3 is 9.42 Å². The predicted octanol–water partition coefficient (Wildman–Crippen LogP) is 5.72. The Morgan fingerprint density at radius 2 is 1.53 bits per heavy atom. The molecule has 6 heteroatoms. The lowest BCUT2D eigenvalue weighted by Crippen LogP contribution is -2.30. The van der Waals surface area contributed by atoms with Crippen LogP contribution in [0.5, 0.6) is 0 Å². The maximum absolute atomic E-state index is 13.0. The molecule has 1 aromatic heterocycles. The molecule has 0 atom stereocenters. The summed E-state index contributed by atoms with van der Waals surface area (Å²) in [5.41, 5.74) is 3.61. The van der Waals surface area contributed by atoms with Crippen LogP contribution in [0.4, 0.5) is 0 Å². The first-order chi connectivity index (χ1) is 14.6. The Hall–Kier alpha value is -3.44. The van der Waals surface area contributed by atoms with Crippen molar-refractivity contribution >= 4 is 17.5 Å². The van der Waals surface area contributed by atoms with E-state index in [1.165, 1.54) is 0 Å². The van der Waals surface area contributed by atoms with Gasteiger partial charge in [-0.15, -0.1) is 0 Å². The van der Waals surface area contributed by atoms with Gasteiger partial charge in [0.05, 0.1) is 0 Å². The van der Waals surface area contributed by atoms with Gasteiger partial charge in [0.2, 0.25) is 11.7 Å². The molecule has 5 nitrogen and oxygen atoms in total. The predicted molar refractivity (Wildman–Crippen MR) is 117 cm³/mol. The van der Waals surface area contributed by atoms with E-state index < -0.39 is 0 Å². The smallest absolute Gasteiger partial charge is 0.254 e. The zero-order valence-corrected chi connectivity index (χ0v) is 17.2. The normalized spacial score (nSPS) is 10.7. The third-order valence-electron chi connectivity index (χ3n) is 4.80. The van der Waals surface area contributed by atoms with Crippen LogP contribution in [0, 0.1) is 0 Å². The molecule has 30 heavy (non-hydrogen) atoms. The van der Waals surface area contributed by atoms with Crippen molar-refractivity contribution in [1.82, 2.24) is 15.0 Å². The van der Waals surface area contributed by atoms with E-state index in [0.29, 0.717) is 28.8 Å². The van der Waals surface area contributed by atoms with E-state index in [9.17, 15) is 4.79 Å². The first-order valence-electron chi connectivity index (χ1n) is 9.67. The van der Waals surface area contributed by atoms with Crippen LogP contribution in [-0.2, 0) is 6.54 Å². The fourth-order valence-corrected chi connectivity index (χ4v) is 3.27. The molecule has 3 aromatic carbocycles. The molecule has 0 spiro atoms. The minimum absolute atomic E-state index is 0.0802. The number of carbonyl (C=O) groups excluding carboxylic acids is 1. The molecule has 0 N–H and O–H groups in total. The Morgan fingerprint density at radius 3 is 2.20 bits per heavy atom. The molecule has 4 rings (SSSR count). The number of amides is 1. The van der Waals surface area contributed by atoms with E-state index in [-0.39, 0.29) is 12.5 Å². The minimum atomic E-state index is -0.0802. The number of benzene rings is 3. The largest absolute Gasteiger partial charge is 0.337 e. The van der Waals surface area contributed by atoms with Gasteiger partial charge in [-0.25, -0.2) is 0 Å². The Labute approximate surface area is 179 Å². The van der Waals surface area contributed by atoms with Gasteiger partial charge in [-0.2, -0.15) is 4.98 Å². The summed E-state index contributed by atoms with van der Waals surface area (Å²) in [6, 6.07) is 24.9. The first kappa shape index (κ1) is 19.9. The van der Waals surface area contributed by atoms with Crippen LogP contribution in [0.3, 0.4) is 0 Å². The van der Waals surface area contributed by atoms with Gasteiger partial charge in [-0.1, -0.05) is 59.2 Å². The molecule has 0 fully saturated rings. The average Bonchev–Trinajstić information content (AvgIpc) is 3.27.